The zero-order chi connectivity index (χ0) is 19.8. The van der Waals surface area contributed by atoms with E-state index in [0.717, 1.165) is 0 Å². The summed E-state index contributed by atoms with van der Waals surface area (Å²) in [6.07, 6.45) is 1.70. The topological polar surface area (TPSA) is 89.7 Å². The molecule has 1 aromatic carbocycles. The highest BCUT2D eigenvalue weighted by atomic mass is 79.9. The Morgan fingerprint density at radius 3 is 2.81 bits per heavy atom. The molecule has 0 fully saturated rings. The van der Waals surface area contributed by atoms with Gasteiger partial charge in [-0.3, -0.25) is 0 Å². The minimum atomic E-state index is -0.668. The Morgan fingerprint density at radius 2 is 2.19 bits per heavy atom. The van der Waals surface area contributed by atoms with Crippen LogP contribution >= 0.6 is 15.9 Å². The minimum absolute atomic E-state index is 0.210. The van der Waals surface area contributed by atoms with E-state index in [0.29, 0.717) is 42.5 Å². The number of carbonyl (C=O) groups is 1. The summed E-state index contributed by atoms with van der Waals surface area (Å²) in [5.41, 5.74) is 1.10. The predicted octanol–water partition coefficient (Wildman–Crippen LogP) is 4.05. The monoisotopic (exact) mass is 442 g/mol. The summed E-state index contributed by atoms with van der Waals surface area (Å²) < 4.78 is 28.6. The van der Waals surface area contributed by atoms with Gasteiger partial charge < -0.3 is 14.8 Å². The smallest absolute Gasteiger partial charge is 0.418 e. The number of hydrogen-bond acceptors (Lipinski definition) is 7. The van der Waals surface area contributed by atoms with Gasteiger partial charge in [0.2, 0.25) is 5.82 Å². The van der Waals surface area contributed by atoms with E-state index in [9.17, 15) is 9.18 Å². The van der Waals surface area contributed by atoms with Crippen LogP contribution in [0.1, 0.15) is 19.0 Å². The third kappa shape index (κ3) is 5.04. The molecule has 0 aliphatic heterocycles. The number of methoxy groups -OCH3 is 2. The minimum Gasteiger partial charge on any atom is -0.452 e. The van der Waals surface area contributed by atoms with Gasteiger partial charge in [0.25, 0.3) is 0 Å². The van der Waals surface area contributed by atoms with Crippen LogP contribution in [0.5, 0.6) is 0 Å². The van der Waals surface area contributed by atoms with E-state index in [2.05, 4.69) is 31.6 Å². The number of nitrogens with zero attached hydrogens (tertiary/aromatic N) is 3. The number of rotatable bonds is 8. The number of halogens is 2. The van der Waals surface area contributed by atoms with Crippen molar-refractivity contribution in [3.8, 4) is 0 Å². The quantitative estimate of drug-likeness (QED) is 0.616. The van der Waals surface area contributed by atoms with Crippen molar-refractivity contribution in [2.45, 2.75) is 13.3 Å². The lowest BCUT2D eigenvalue weighted by molar-refractivity contribution is 0.182. The summed E-state index contributed by atoms with van der Waals surface area (Å²) in [4.78, 5) is 13.8. The van der Waals surface area contributed by atoms with Crippen LogP contribution in [0.15, 0.2) is 33.4 Å². The molecule has 0 radical (unpaired) electrons. The second kappa shape index (κ2) is 10.0. The molecule has 146 valence electrons. The molecule has 10 heteroatoms. The van der Waals surface area contributed by atoms with Gasteiger partial charge in [0.15, 0.2) is 5.69 Å². The molecule has 2 rings (SSSR count). The van der Waals surface area contributed by atoms with Gasteiger partial charge in [-0.1, -0.05) is 13.0 Å². The molecule has 1 amide bonds. The Labute approximate surface area is 164 Å². The molecule has 2 aromatic rings. The number of amides is 1. The van der Waals surface area contributed by atoms with E-state index in [1.54, 1.807) is 13.2 Å². The average molecular weight is 443 g/mol. The van der Waals surface area contributed by atoms with E-state index >= 15 is 0 Å². The van der Waals surface area contributed by atoms with Crippen LogP contribution in [-0.2, 0) is 9.47 Å². The summed E-state index contributed by atoms with van der Waals surface area (Å²) in [6, 6.07) is 4.19. The number of nitrogens with one attached hydrogen (secondary N) is 1. The first kappa shape index (κ1) is 20.8. The van der Waals surface area contributed by atoms with E-state index in [1.807, 2.05) is 6.92 Å². The van der Waals surface area contributed by atoms with Gasteiger partial charge in [-0.25, -0.2) is 18.7 Å². The van der Waals surface area contributed by atoms with Crippen LogP contribution in [0, 0.1) is 5.82 Å². The summed E-state index contributed by atoms with van der Waals surface area (Å²) in [7, 11) is 2.84. The molecule has 1 N–H and O–H groups in total. The molecule has 0 aliphatic rings. The predicted molar refractivity (Wildman–Crippen MR) is 102 cm³/mol. The SMILES string of the molecule is CCC=C(c1nonc1NCCOC)N(C(=O)OC)c1ccc(F)c(Br)c1. The van der Waals surface area contributed by atoms with Gasteiger partial charge in [0, 0.05) is 13.7 Å². The van der Waals surface area contributed by atoms with Crippen molar-refractivity contribution in [3.63, 3.8) is 0 Å². The van der Waals surface area contributed by atoms with E-state index < -0.39 is 11.9 Å². The maximum atomic E-state index is 13.6. The van der Waals surface area contributed by atoms with Gasteiger partial charge in [0.05, 0.1) is 29.6 Å². The van der Waals surface area contributed by atoms with Crippen molar-refractivity contribution in [1.29, 1.82) is 0 Å². The second-order valence-electron chi connectivity index (χ2n) is 5.28. The number of carbonyl (C=O) groups excluding carboxylic acids is 1. The summed E-state index contributed by atoms with van der Waals surface area (Å²) in [5.74, 6) is -0.101. The second-order valence-corrected chi connectivity index (χ2v) is 6.14. The fourth-order valence-corrected chi connectivity index (χ4v) is 2.66. The lowest BCUT2D eigenvalue weighted by atomic mass is 10.2. The largest absolute Gasteiger partial charge is 0.452 e. The molecule has 0 aliphatic carbocycles. The highest BCUT2D eigenvalue weighted by molar-refractivity contribution is 9.10. The van der Waals surface area contributed by atoms with Crippen molar-refractivity contribution < 1.29 is 23.3 Å². The molecule has 0 spiro atoms. The normalized spacial score (nSPS) is 11.4. The van der Waals surface area contributed by atoms with Crippen molar-refractivity contribution in [2.75, 3.05) is 37.6 Å². The molecule has 8 nitrogen and oxygen atoms in total. The first-order chi connectivity index (χ1) is 13.0. The fraction of sp³-hybridized carbons (Fsp3) is 0.353. The first-order valence-electron chi connectivity index (χ1n) is 8.12. The van der Waals surface area contributed by atoms with Crippen LogP contribution in [0.4, 0.5) is 20.7 Å². The van der Waals surface area contributed by atoms with Gasteiger partial charge >= 0.3 is 6.09 Å². The number of aromatic nitrogens is 2. The molecule has 0 bridgehead atoms. The van der Waals surface area contributed by atoms with Gasteiger partial charge in [-0.05, 0) is 50.9 Å². The lowest BCUT2D eigenvalue weighted by Gasteiger charge is -2.23. The van der Waals surface area contributed by atoms with Gasteiger partial charge in [0.1, 0.15) is 5.82 Å². The first-order valence-corrected chi connectivity index (χ1v) is 8.91. The molecule has 1 aromatic heterocycles. The van der Waals surface area contributed by atoms with Crippen LogP contribution in [0.2, 0.25) is 0 Å². The average Bonchev–Trinajstić information content (AvgIpc) is 3.12. The van der Waals surface area contributed by atoms with E-state index in [-0.39, 0.29) is 4.47 Å². The van der Waals surface area contributed by atoms with Crippen molar-refractivity contribution in [2.24, 2.45) is 0 Å². The number of ether oxygens (including phenoxy) is 2. The zero-order valence-corrected chi connectivity index (χ0v) is 16.7. The Bertz CT molecular complexity index is 812. The molecule has 0 saturated heterocycles. The Hall–Kier alpha value is -2.46. The maximum Gasteiger partial charge on any atom is 0.418 e. The van der Waals surface area contributed by atoms with Crippen LogP contribution in [0.25, 0.3) is 5.70 Å². The van der Waals surface area contributed by atoms with Crippen molar-refractivity contribution in [3.05, 3.63) is 40.3 Å². The molecular formula is C17H20BrFN4O4. The summed E-state index contributed by atoms with van der Waals surface area (Å²) >= 11 is 3.13. The molecule has 0 unspecified atom stereocenters. The van der Waals surface area contributed by atoms with E-state index in [1.165, 1.54) is 30.2 Å². The van der Waals surface area contributed by atoms with Crippen LogP contribution in [0.3, 0.4) is 0 Å². The molecule has 0 atom stereocenters. The third-order valence-electron chi connectivity index (χ3n) is 3.49. The summed E-state index contributed by atoms with van der Waals surface area (Å²) in [5, 5.41) is 10.8. The molecule has 27 heavy (non-hydrogen) atoms. The van der Waals surface area contributed by atoms with E-state index in [4.69, 9.17) is 14.1 Å². The van der Waals surface area contributed by atoms with Crippen molar-refractivity contribution >= 4 is 39.2 Å². The number of hydrogen-bond donors (Lipinski definition) is 1. The zero-order valence-electron chi connectivity index (χ0n) is 15.2. The van der Waals surface area contributed by atoms with Gasteiger partial charge in [-0.15, -0.1) is 0 Å². The molecule has 1 heterocycles. The van der Waals surface area contributed by atoms with Crippen molar-refractivity contribution in [1.82, 2.24) is 10.3 Å². The third-order valence-corrected chi connectivity index (χ3v) is 4.09. The molecule has 0 saturated carbocycles. The Kier molecular flexibility index (Phi) is 7.74. The Morgan fingerprint density at radius 1 is 1.41 bits per heavy atom. The fourth-order valence-electron chi connectivity index (χ4n) is 2.29. The van der Waals surface area contributed by atoms with Crippen LogP contribution < -0.4 is 10.2 Å². The maximum absolute atomic E-state index is 13.6. The summed E-state index contributed by atoms with van der Waals surface area (Å²) in [6.45, 7) is 2.82. The van der Waals surface area contributed by atoms with Crippen LogP contribution in [-0.4, -0.2) is 43.8 Å². The lowest BCUT2D eigenvalue weighted by Crippen LogP contribution is -2.30. The Balaban J connectivity index is 2.50. The number of benzene rings is 1. The number of allylic oxidation sites excluding steroid dienone is 1. The standard InChI is InChI=1S/C17H20BrFN4O4/c1-4-5-14(15-16(22-27-21-15)20-8-9-25-2)23(17(24)26-3)11-6-7-13(19)12(18)10-11/h5-7,10H,4,8-9H2,1-3H3,(H,20,22). The van der Waals surface area contributed by atoms with Gasteiger partial charge in [-0.2, -0.15) is 0 Å². The molecular weight excluding hydrogens is 423 g/mol. The highest BCUT2D eigenvalue weighted by Crippen LogP contribution is 2.32. The number of anilines is 2. The highest BCUT2D eigenvalue weighted by Gasteiger charge is 2.27.